The minimum atomic E-state index is 0.391. The van der Waals surface area contributed by atoms with E-state index in [1.54, 1.807) is 24.8 Å². The third-order valence-electron chi connectivity index (χ3n) is 3.53. The van der Waals surface area contributed by atoms with E-state index in [0.717, 1.165) is 16.6 Å². The first-order chi connectivity index (χ1) is 11.3. The molecule has 23 heavy (non-hydrogen) atoms. The van der Waals surface area contributed by atoms with Gasteiger partial charge >= 0.3 is 5.95 Å². The van der Waals surface area contributed by atoms with Crippen molar-refractivity contribution in [2.24, 2.45) is 0 Å². The van der Waals surface area contributed by atoms with Crippen LogP contribution in [0.5, 0.6) is 11.7 Å². The fourth-order valence-electron chi connectivity index (χ4n) is 2.51. The number of rotatable bonds is 3. The molecule has 5 heteroatoms. The third-order valence-corrected chi connectivity index (χ3v) is 3.53. The van der Waals surface area contributed by atoms with Crippen molar-refractivity contribution in [1.82, 2.24) is 15.0 Å². The van der Waals surface area contributed by atoms with Crippen LogP contribution in [0.1, 0.15) is 5.69 Å². The van der Waals surface area contributed by atoms with Crippen molar-refractivity contribution in [3.05, 3.63) is 66.9 Å². The van der Waals surface area contributed by atoms with Gasteiger partial charge in [0.15, 0.2) is 0 Å². The van der Waals surface area contributed by atoms with Crippen LogP contribution in [0.25, 0.3) is 22.2 Å². The molecule has 3 aromatic heterocycles. The van der Waals surface area contributed by atoms with Gasteiger partial charge in [-0.2, -0.15) is 0 Å². The molecule has 0 spiro atoms. The predicted octanol–water partition coefficient (Wildman–Crippen LogP) is 4.39. The Hall–Kier alpha value is -3.21. The summed E-state index contributed by atoms with van der Waals surface area (Å²) in [5.74, 6) is 1.09. The molecule has 0 saturated carbocycles. The molecule has 0 atom stereocenters. The molecule has 0 unspecified atom stereocenters. The zero-order chi connectivity index (χ0) is 15.6. The van der Waals surface area contributed by atoms with Gasteiger partial charge in [-0.25, -0.2) is 0 Å². The van der Waals surface area contributed by atoms with E-state index in [-0.39, 0.29) is 0 Å². The largest absolute Gasteiger partial charge is 0.425 e. The molecule has 0 saturated heterocycles. The Labute approximate surface area is 132 Å². The Kier molecular flexibility index (Phi) is 3.24. The van der Waals surface area contributed by atoms with Gasteiger partial charge in [-0.05, 0) is 25.1 Å². The summed E-state index contributed by atoms with van der Waals surface area (Å²) >= 11 is 0. The van der Waals surface area contributed by atoms with Crippen molar-refractivity contribution >= 4 is 11.0 Å². The van der Waals surface area contributed by atoms with Crippen LogP contribution >= 0.6 is 0 Å². The first-order valence-electron chi connectivity index (χ1n) is 7.20. The second-order valence-corrected chi connectivity index (χ2v) is 5.04. The lowest BCUT2D eigenvalue weighted by Gasteiger charge is -2.05. The number of benzene rings is 1. The fraction of sp³-hybridized carbons (Fsp3) is 0.0556. The lowest BCUT2D eigenvalue weighted by Crippen LogP contribution is -1.89. The van der Waals surface area contributed by atoms with E-state index in [9.17, 15) is 0 Å². The SMILES string of the molecule is Cc1nccc2oc(Oc3ccccc3)c(-c3cnccn3)c12. The molecule has 0 radical (unpaired) electrons. The summed E-state index contributed by atoms with van der Waals surface area (Å²) in [4.78, 5) is 12.9. The molecule has 112 valence electrons. The lowest BCUT2D eigenvalue weighted by molar-refractivity contribution is 0.362. The molecule has 0 bridgehead atoms. The molecule has 0 fully saturated rings. The van der Waals surface area contributed by atoms with Crippen molar-refractivity contribution in [1.29, 1.82) is 0 Å². The van der Waals surface area contributed by atoms with Crippen LogP contribution in [-0.2, 0) is 0 Å². The van der Waals surface area contributed by atoms with E-state index in [1.165, 1.54) is 0 Å². The van der Waals surface area contributed by atoms with Crippen LogP contribution in [0.15, 0.2) is 65.6 Å². The topological polar surface area (TPSA) is 61.0 Å². The lowest BCUT2D eigenvalue weighted by atomic mass is 10.1. The minimum Gasteiger partial charge on any atom is -0.425 e. The van der Waals surface area contributed by atoms with Gasteiger partial charge in [0.1, 0.15) is 11.3 Å². The average molecular weight is 303 g/mol. The molecule has 4 aromatic rings. The van der Waals surface area contributed by atoms with Crippen LogP contribution < -0.4 is 4.74 Å². The molecule has 5 nitrogen and oxygen atoms in total. The molecular formula is C18H13N3O2. The second kappa shape index (κ2) is 5.53. The number of nitrogens with zero attached hydrogens (tertiary/aromatic N) is 3. The maximum Gasteiger partial charge on any atom is 0.301 e. The van der Waals surface area contributed by atoms with Gasteiger partial charge in [-0.1, -0.05) is 18.2 Å². The number of pyridine rings is 1. The summed E-state index contributed by atoms with van der Waals surface area (Å²) in [5, 5.41) is 0.888. The van der Waals surface area contributed by atoms with Crippen LogP contribution in [-0.4, -0.2) is 15.0 Å². The molecule has 0 aliphatic carbocycles. The predicted molar refractivity (Wildman–Crippen MR) is 86.3 cm³/mol. The van der Waals surface area contributed by atoms with Crippen molar-refractivity contribution < 1.29 is 9.15 Å². The van der Waals surface area contributed by atoms with E-state index >= 15 is 0 Å². The molecule has 0 aliphatic heterocycles. The first-order valence-corrected chi connectivity index (χ1v) is 7.20. The molecule has 3 heterocycles. The van der Waals surface area contributed by atoms with Crippen LogP contribution in [0, 0.1) is 6.92 Å². The quantitative estimate of drug-likeness (QED) is 0.562. The summed E-state index contributed by atoms with van der Waals surface area (Å²) in [5.41, 5.74) is 3.02. The summed E-state index contributed by atoms with van der Waals surface area (Å²) in [7, 11) is 0. The smallest absolute Gasteiger partial charge is 0.301 e. The summed E-state index contributed by atoms with van der Waals surface area (Å²) in [6.07, 6.45) is 6.68. The number of aryl methyl sites for hydroxylation is 1. The third kappa shape index (κ3) is 2.42. The Bertz CT molecular complexity index is 950. The fourth-order valence-corrected chi connectivity index (χ4v) is 2.51. The zero-order valence-electron chi connectivity index (χ0n) is 12.4. The van der Waals surface area contributed by atoms with Crippen molar-refractivity contribution in [2.45, 2.75) is 6.92 Å². The number of para-hydroxylation sites is 1. The van der Waals surface area contributed by atoms with Gasteiger partial charge in [0.2, 0.25) is 0 Å². The minimum absolute atomic E-state index is 0.391. The van der Waals surface area contributed by atoms with Crippen molar-refractivity contribution in [3.63, 3.8) is 0 Å². The van der Waals surface area contributed by atoms with E-state index in [0.29, 0.717) is 23.0 Å². The molecule has 0 N–H and O–H groups in total. The molecule has 1 aromatic carbocycles. The van der Waals surface area contributed by atoms with Crippen molar-refractivity contribution in [2.75, 3.05) is 0 Å². The van der Waals surface area contributed by atoms with Gasteiger partial charge in [0.05, 0.1) is 22.8 Å². The van der Waals surface area contributed by atoms with Crippen LogP contribution in [0.4, 0.5) is 0 Å². The molecular weight excluding hydrogens is 290 g/mol. The van der Waals surface area contributed by atoms with Gasteiger partial charge in [0, 0.05) is 24.3 Å². The standard InChI is InChI=1S/C18H13N3O2/c1-12-16-15(7-8-20-12)23-18(22-13-5-3-2-4-6-13)17(16)14-11-19-9-10-21-14/h2-11H,1H3. The van der Waals surface area contributed by atoms with Crippen LogP contribution in [0.3, 0.4) is 0 Å². The Morgan fingerprint density at radius 2 is 1.83 bits per heavy atom. The number of ether oxygens (including phenoxy) is 1. The Morgan fingerprint density at radius 3 is 2.61 bits per heavy atom. The number of fused-ring (bicyclic) bond motifs is 1. The highest BCUT2D eigenvalue weighted by molar-refractivity contribution is 5.97. The first kappa shape index (κ1) is 13.5. The molecule has 0 aliphatic rings. The van der Waals surface area contributed by atoms with Crippen molar-refractivity contribution in [3.8, 4) is 23.0 Å². The highest BCUT2D eigenvalue weighted by Gasteiger charge is 2.21. The van der Waals surface area contributed by atoms with E-state index < -0.39 is 0 Å². The monoisotopic (exact) mass is 303 g/mol. The van der Waals surface area contributed by atoms with E-state index in [1.807, 2.05) is 43.3 Å². The maximum absolute atomic E-state index is 5.94. The second-order valence-electron chi connectivity index (χ2n) is 5.04. The molecule has 0 amide bonds. The van der Waals surface area contributed by atoms with E-state index in [4.69, 9.17) is 9.15 Å². The molecule has 4 rings (SSSR count). The zero-order valence-corrected chi connectivity index (χ0v) is 12.4. The summed E-state index contributed by atoms with van der Waals surface area (Å²) < 4.78 is 11.9. The van der Waals surface area contributed by atoms with Gasteiger partial charge < -0.3 is 9.15 Å². The summed E-state index contributed by atoms with van der Waals surface area (Å²) in [6.45, 7) is 1.93. The average Bonchev–Trinajstić information content (AvgIpc) is 2.96. The highest BCUT2D eigenvalue weighted by Crippen LogP contribution is 2.41. The van der Waals surface area contributed by atoms with E-state index in [2.05, 4.69) is 15.0 Å². The number of hydrogen-bond donors (Lipinski definition) is 0. The Morgan fingerprint density at radius 1 is 0.957 bits per heavy atom. The van der Waals surface area contributed by atoms with Gasteiger partial charge in [-0.3, -0.25) is 15.0 Å². The number of hydrogen-bond acceptors (Lipinski definition) is 5. The number of aromatic nitrogens is 3. The number of furan rings is 1. The maximum atomic E-state index is 5.94. The van der Waals surface area contributed by atoms with Gasteiger partial charge in [0.25, 0.3) is 0 Å². The highest BCUT2D eigenvalue weighted by atomic mass is 16.6. The Balaban J connectivity index is 1.95. The van der Waals surface area contributed by atoms with Crippen LogP contribution in [0.2, 0.25) is 0 Å². The van der Waals surface area contributed by atoms with Gasteiger partial charge in [-0.15, -0.1) is 0 Å². The normalized spacial score (nSPS) is 10.8. The summed E-state index contributed by atoms with van der Waals surface area (Å²) in [6, 6.07) is 11.3.